The Hall–Kier alpha value is -0.880. The second-order valence-electron chi connectivity index (χ2n) is 4.14. The quantitative estimate of drug-likeness (QED) is 0.363. The van der Waals surface area contributed by atoms with E-state index in [1.165, 1.54) is 12.8 Å². The normalized spacial score (nSPS) is 11.9. The van der Waals surface area contributed by atoms with Crippen molar-refractivity contribution in [1.82, 2.24) is 5.32 Å². The summed E-state index contributed by atoms with van der Waals surface area (Å²) in [5.41, 5.74) is 0. The number of unbranched alkanes of at least 4 members (excludes halogenated alkanes) is 3. The van der Waals surface area contributed by atoms with Gasteiger partial charge in [-0.2, -0.15) is 8.42 Å². The largest absolute Gasteiger partial charge is 0.355 e. The summed E-state index contributed by atoms with van der Waals surface area (Å²) < 4.78 is 29.2. The Kier molecular flexibility index (Phi) is 9.59. The summed E-state index contributed by atoms with van der Waals surface area (Å²) in [6, 6.07) is 0. The molecule has 0 spiro atoms. The van der Waals surface area contributed by atoms with Crippen molar-refractivity contribution in [3.8, 4) is 0 Å². The lowest BCUT2D eigenvalue weighted by Crippen LogP contribution is -2.28. The molecule has 0 fully saturated rings. The van der Waals surface area contributed by atoms with Crippen LogP contribution in [0.5, 0.6) is 0 Å². The molecule has 1 amide bonds. The van der Waals surface area contributed by atoms with Gasteiger partial charge in [0.1, 0.15) is 0 Å². The van der Waals surface area contributed by atoms with Gasteiger partial charge >= 0.3 is 0 Å². The van der Waals surface area contributed by atoms with E-state index in [2.05, 4.69) is 24.4 Å². The number of rotatable bonds is 10. The molecule has 18 heavy (non-hydrogen) atoms. The summed E-state index contributed by atoms with van der Waals surface area (Å²) >= 11 is 0. The molecular weight excluding hydrogens is 254 g/mol. The number of carbonyl (C=O) groups is 1. The molecule has 0 aromatic rings. The topological polar surface area (TPSA) is 83.5 Å². The summed E-state index contributed by atoms with van der Waals surface area (Å²) in [6.45, 7) is 2.11. The minimum absolute atomic E-state index is 0.0377. The molecular formula is C12H23NO4S. The Bertz CT molecular complexity index is 349. The van der Waals surface area contributed by atoms with E-state index in [9.17, 15) is 13.2 Å². The minimum Gasteiger partial charge on any atom is -0.355 e. The Morgan fingerprint density at radius 1 is 1.22 bits per heavy atom. The average Bonchev–Trinajstić information content (AvgIpc) is 2.26. The summed E-state index contributed by atoms with van der Waals surface area (Å²) in [7, 11) is -3.98. The third kappa shape index (κ3) is 13.2. The Morgan fingerprint density at radius 2 is 1.83 bits per heavy atom. The molecule has 0 radical (unpaired) electrons. The maximum absolute atomic E-state index is 11.3. The molecule has 0 bridgehead atoms. The molecule has 5 nitrogen and oxygen atoms in total. The van der Waals surface area contributed by atoms with Crippen LogP contribution in [0, 0.1) is 0 Å². The molecule has 0 aliphatic rings. The molecule has 0 aromatic carbocycles. The molecule has 0 atom stereocenters. The highest BCUT2D eigenvalue weighted by Gasteiger charge is 2.05. The highest BCUT2D eigenvalue weighted by molar-refractivity contribution is 7.85. The summed E-state index contributed by atoms with van der Waals surface area (Å²) in [5, 5.41) is 2.45. The molecule has 0 aliphatic carbocycles. The number of hydrogen-bond acceptors (Lipinski definition) is 3. The zero-order valence-electron chi connectivity index (χ0n) is 10.9. The second-order valence-corrected chi connectivity index (χ2v) is 5.71. The van der Waals surface area contributed by atoms with Gasteiger partial charge in [0.25, 0.3) is 10.1 Å². The number of amides is 1. The Labute approximate surface area is 109 Å². The van der Waals surface area contributed by atoms with Crippen molar-refractivity contribution in [3.05, 3.63) is 12.2 Å². The van der Waals surface area contributed by atoms with E-state index >= 15 is 0 Å². The Balaban J connectivity index is 3.45. The van der Waals surface area contributed by atoms with Gasteiger partial charge in [-0.25, -0.2) is 0 Å². The molecule has 0 aliphatic heterocycles. The van der Waals surface area contributed by atoms with Gasteiger partial charge in [0.15, 0.2) is 0 Å². The molecule has 0 heterocycles. The van der Waals surface area contributed by atoms with E-state index in [0.717, 1.165) is 19.3 Å². The molecule has 6 heteroatoms. The van der Waals surface area contributed by atoms with Crippen LogP contribution in [0.1, 0.15) is 45.4 Å². The molecule has 0 saturated heterocycles. The highest BCUT2D eigenvalue weighted by Crippen LogP contribution is 2.00. The summed E-state index contributed by atoms with van der Waals surface area (Å²) in [6.07, 6.45) is 9.63. The molecule has 0 rings (SSSR count). The molecule has 0 aromatic heterocycles. The maximum atomic E-state index is 11.3. The fourth-order valence-electron chi connectivity index (χ4n) is 1.35. The SMILES string of the molecule is CCCC/C=C\CCCC(=O)NCCS(=O)(=O)O. The lowest BCUT2D eigenvalue weighted by Gasteiger charge is -2.02. The van der Waals surface area contributed by atoms with Gasteiger partial charge in [-0.3, -0.25) is 9.35 Å². The van der Waals surface area contributed by atoms with Gasteiger partial charge in [0.05, 0.1) is 5.75 Å². The van der Waals surface area contributed by atoms with Crippen LogP contribution in [-0.4, -0.2) is 31.2 Å². The summed E-state index contributed by atoms with van der Waals surface area (Å²) in [4.78, 5) is 11.3. The third-order valence-corrected chi connectivity index (χ3v) is 3.07. The van der Waals surface area contributed by atoms with Crippen molar-refractivity contribution >= 4 is 16.0 Å². The predicted octanol–water partition coefficient (Wildman–Crippen LogP) is 1.91. The van der Waals surface area contributed by atoms with Crippen molar-refractivity contribution in [3.63, 3.8) is 0 Å². The molecule has 0 unspecified atom stereocenters. The first-order valence-corrected chi connectivity index (χ1v) is 7.93. The zero-order chi connectivity index (χ0) is 13.9. The third-order valence-electron chi connectivity index (χ3n) is 2.35. The molecule has 106 valence electrons. The van der Waals surface area contributed by atoms with Crippen molar-refractivity contribution in [1.29, 1.82) is 0 Å². The van der Waals surface area contributed by atoms with Crippen LogP contribution in [-0.2, 0) is 14.9 Å². The van der Waals surface area contributed by atoms with Crippen LogP contribution < -0.4 is 5.32 Å². The average molecular weight is 277 g/mol. The van der Waals surface area contributed by atoms with Crippen molar-refractivity contribution in [2.45, 2.75) is 45.4 Å². The fourth-order valence-corrected chi connectivity index (χ4v) is 1.71. The highest BCUT2D eigenvalue weighted by atomic mass is 32.2. The monoisotopic (exact) mass is 277 g/mol. The van der Waals surface area contributed by atoms with Gasteiger partial charge in [0, 0.05) is 13.0 Å². The molecule has 0 saturated carbocycles. The fraction of sp³-hybridized carbons (Fsp3) is 0.750. The molecule has 2 N–H and O–H groups in total. The van der Waals surface area contributed by atoms with Gasteiger partial charge in [-0.15, -0.1) is 0 Å². The lowest BCUT2D eigenvalue weighted by molar-refractivity contribution is -0.121. The van der Waals surface area contributed by atoms with E-state index < -0.39 is 15.9 Å². The smallest absolute Gasteiger partial charge is 0.266 e. The predicted molar refractivity (Wildman–Crippen MR) is 71.9 cm³/mol. The first-order valence-electron chi connectivity index (χ1n) is 6.32. The zero-order valence-corrected chi connectivity index (χ0v) is 11.7. The van der Waals surface area contributed by atoms with Crippen molar-refractivity contribution in [2.75, 3.05) is 12.3 Å². The van der Waals surface area contributed by atoms with E-state index in [1.54, 1.807) is 0 Å². The lowest BCUT2D eigenvalue weighted by atomic mass is 10.2. The van der Waals surface area contributed by atoms with Crippen molar-refractivity contribution < 1.29 is 17.8 Å². The van der Waals surface area contributed by atoms with E-state index in [0.29, 0.717) is 6.42 Å². The standard InChI is InChI=1S/C12H23NO4S/c1-2-3-4-5-6-7-8-9-12(14)13-10-11-18(15,16)17/h5-6H,2-4,7-11H2,1H3,(H,13,14)(H,15,16,17)/b6-5-. The van der Waals surface area contributed by atoms with E-state index in [4.69, 9.17) is 4.55 Å². The number of hydrogen-bond donors (Lipinski definition) is 2. The van der Waals surface area contributed by atoms with E-state index in [1.807, 2.05) is 0 Å². The van der Waals surface area contributed by atoms with Gasteiger partial charge in [-0.05, 0) is 19.3 Å². The number of nitrogens with one attached hydrogen (secondary N) is 1. The van der Waals surface area contributed by atoms with Crippen LogP contribution >= 0.6 is 0 Å². The number of carbonyl (C=O) groups excluding carboxylic acids is 1. The van der Waals surface area contributed by atoms with Gasteiger partial charge in [-0.1, -0.05) is 31.9 Å². The van der Waals surface area contributed by atoms with E-state index in [-0.39, 0.29) is 12.5 Å². The van der Waals surface area contributed by atoms with Crippen LogP contribution in [0.15, 0.2) is 12.2 Å². The maximum Gasteiger partial charge on any atom is 0.266 e. The Morgan fingerprint density at radius 3 is 2.39 bits per heavy atom. The van der Waals surface area contributed by atoms with Gasteiger partial charge in [0.2, 0.25) is 5.91 Å². The van der Waals surface area contributed by atoms with Gasteiger partial charge < -0.3 is 5.32 Å². The second kappa shape index (κ2) is 10.1. The first kappa shape index (κ1) is 17.1. The van der Waals surface area contributed by atoms with Crippen molar-refractivity contribution in [2.24, 2.45) is 0 Å². The minimum atomic E-state index is -3.98. The van der Waals surface area contributed by atoms with Crippen LogP contribution in [0.25, 0.3) is 0 Å². The number of allylic oxidation sites excluding steroid dienone is 2. The summed E-state index contributed by atoms with van der Waals surface area (Å²) in [5.74, 6) is -0.615. The van der Waals surface area contributed by atoms with Crippen LogP contribution in [0.4, 0.5) is 0 Å². The van der Waals surface area contributed by atoms with Crippen LogP contribution in [0.3, 0.4) is 0 Å². The van der Waals surface area contributed by atoms with Crippen LogP contribution in [0.2, 0.25) is 0 Å². The first-order chi connectivity index (χ1) is 8.45.